The molecule has 0 aliphatic carbocycles. The maximum atomic E-state index is 13.9. The van der Waals surface area contributed by atoms with Crippen LogP contribution in [0.5, 0.6) is 0 Å². The van der Waals surface area contributed by atoms with E-state index >= 15 is 0 Å². The standard InChI is InChI=1S/C16H17F2N3O/c17-11-7-12-14(3-4-20-16(12)13(18)8-11)21-5-1-2-10(9-21)6-15(19)22/h3-4,7-8,10H,1-2,5-6,9H2,(H2,19,22). The molecule has 2 N–H and O–H groups in total. The van der Waals surface area contributed by atoms with Crippen molar-refractivity contribution < 1.29 is 13.6 Å². The van der Waals surface area contributed by atoms with Gasteiger partial charge in [0.1, 0.15) is 11.3 Å². The Morgan fingerprint density at radius 2 is 2.23 bits per heavy atom. The van der Waals surface area contributed by atoms with Gasteiger partial charge >= 0.3 is 0 Å². The molecule has 1 saturated heterocycles. The fraction of sp³-hybridized carbons (Fsp3) is 0.375. The van der Waals surface area contributed by atoms with Gasteiger partial charge in [0, 0.05) is 42.8 Å². The van der Waals surface area contributed by atoms with E-state index in [1.54, 1.807) is 6.07 Å². The molecule has 1 atom stereocenters. The molecule has 4 nitrogen and oxygen atoms in total. The highest BCUT2D eigenvalue weighted by molar-refractivity contribution is 5.92. The molecule has 6 heteroatoms. The van der Waals surface area contributed by atoms with Crippen molar-refractivity contribution in [1.82, 2.24) is 4.98 Å². The number of hydrogen-bond donors (Lipinski definition) is 1. The fourth-order valence-electron chi connectivity index (χ4n) is 3.18. The van der Waals surface area contributed by atoms with Gasteiger partial charge in [-0.25, -0.2) is 8.78 Å². The summed E-state index contributed by atoms with van der Waals surface area (Å²) in [6, 6.07) is 3.90. The highest BCUT2D eigenvalue weighted by atomic mass is 19.1. The van der Waals surface area contributed by atoms with Crippen LogP contribution in [-0.2, 0) is 4.79 Å². The highest BCUT2D eigenvalue weighted by Crippen LogP contribution is 2.31. The minimum absolute atomic E-state index is 0.163. The molecule has 0 saturated carbocycles. The molecule has 2 heterocycles. The third kappa shape index (κ3) is 2.86. The molecule has 116 valence electrons. The van der Waals surface area contributed by atoms with Gasteiger partial charge in [-0.3, -0.25) is 9.78 Å². The van der Waals surface area contributed by atoms with Crippen LogP contribution in [0.4, 0.5) is 14.5 Å². The number of carbonyl (C=O) groups is 1. The number of fused-ring (bicyclic) bond motifs is 1. The van der Waals surface area contributed by atoms with Gasteiger partial charge in [-0.15, -0.1) is 0 Å². The Bertz CT molecular complexity index is 720. The van der Waals surface area contributed by atoms with Crippen molar-refractivity contribution in [3.05, 3.63) is 36.0 Å². The number of carbonyl (C=O) groups excluding carboxylic acids is 1. The molecule has 3 rings (SSSR count). The van der Waals surface area contributed by atoms with Gasteiger partial charge in [-0.05, 0) is 30.9 Å². The second-order valence-electron chi connectivity index (χ2n) is 5.74. The predicted molar refractivity (Wildman–Crippen MR) is 80.4 cm³/mol. The maximum Gasteiger partial charge on any atom is 0.217 e. The van der Waals surface area contributed by atoms with Crippen LogP contribution in [0.2, 0.25) is 0 Å². The smallest absolute Gasteiger partial charge is 0.217 e. The number of rotatable bonds is 3. The SMILES string of the molecule is NC(=O)CC1CCCN(c2ccnc3c(F)cc(F)cc23)C1. The monoisotopic (exact) mass is 305 g/mol. The second-order valence-corrected chi connectivity index (χ2v) is 5.74. The number of amides is 1. The molecule has 2 aromatic rings. The van der Waals surface area contributed by atoms with Crippen molar-refractivity contribution in [3.63, 3.8) is 0 Å². The van der Waals surface area contributed by atoms with E-state index in [2.05, 4.69) is 9.88 Å². The zero-order valence-corrected chi connectivity index (χ0v) is 12.1. The van der Waals surface area contributed by atoms with E-state index in [9.17, 15) is 13.6 Å². The van der Waals surface area contributed by atoms with Crippen molar-refractivity contribution >= 4 is 22.5 Å². The highest BCUT2D eigenvalue weighted by Gasteiger charge is 2.23. The summed E-state index contributed by atoms with van der Waals surface area (Å²) in [6.45, 7) is 1.44. The summed E-state index contributed by atoms with van der Waals surface area (Å²) >= 11 is 0. The van der Waals surface area contributed by atoms with Gasteiger partial charge < -0.3 is 10.6 Å². The van der Waals surface area contributed by atoms with Crippen molar-refractivity contribution in [2.24, 2.45) is 11.7 Å². The molecule has 1 aromatic carbocycles. The van der Waals surface area contributed by atoms with E-state index in [-0.39, 0.29) is 17.3 Å². The quantitative estimate of drug-likeness (QED) is 0.948. The van der Waals surface area contributed by atoms with E-state index in [0.717, 1.165) is 31.1 Å². The largest absolute Gasteiger partial charge is 0.371 e. The number of nitrogens with zero attached hydrogens (tertiary/aromatic N) is 2. The lowest BCUT2D eigenvalue weighted by molar-refractivity contribution is -0.118. The normalized spacial score (nSPS) is 18.6. The summed E-state index contributed by atoms with van der Waals surface area (Å²) in [5.74, 6) is -1.43. The molecule has 1 aliphatic heterocycles. The lowest BCUT2D eigenvalue weighted by atomic mass is 9.94. The van der Waals surface area contributed by atoms with Gasteiger partial charge in [0.25, 0.3) is 0 Å². The van der Waals surface area contributed by atoms with Crippen LogP contribution in [0.25, 0.3) is 10.9 Å². The number of piperidine rings is 1. The van der Waals surface area contributed by atoms with Crippen molar-refractivity contribution in [2.45, 2.75) is 19.3 Å². The summed E-state index contributed by atoms with van der Waals surface area (Å²) in [5, 5.41) is 0.458. The van der Waals surface area contributed by atoms with Crippen LogP contribution in [0.1, 0.15) is 19.3 Å². The average molecular weight is 305 g/mol. The van der Waals surface area contributed by atoms with E-state index < -0.39 is 11.6 Å². The third-order valence-electron chi connectivity index (χ3n) is 4.09. The van der Waals surface area contributed by atoms with Gasteiger partial charge in [-0.1, -0.05) is 0 Å². The van der Waals surface area contributed by atoms with Crippen molar-refractivity contribution in [1.29, 1.82) is 0 Å². The minimum Gasteiger partial charge on any atom is -0.371 e. The van der Waals surface area contributed by atoms with Crippen LogP contribution in [0.3, 0.4) is 0 Å². The number of halogens is 2. The number of aromatic nitrogens is 1. The topological polar surface area (TPSA) is 59.2 Å². The Morgan fingerprint density at radius 1 is 1.41 bits per heavy atom. The van der Waals surface area contributed by atoms with E-state index in [4.69, 9.17) is 5.73 Å². The van der Waals surface area contributed by atoms with Crippen LogP contribution >= 0.6 is 0 Å². The third-order valence-corrected chi connectivity index (χ3v) is 4.09. The molecular formula is C16H17F2N3O. The molecule has 1 amide bonds. The number of nitrogens with two attached hydrogens (primary N) is 1. The Hall–Kier alpha value is -2.24. The van der Waals surface area contributed by atoms with E-state index in [1.807, 2.05) is 0 Å². The number of hydrogen-bond acceptors (Lipinski definition) is 3. The van der Waals surface area contributed by atoms with Gasteiger partial charge in [0.2, 0.25) is 5.91 Å². The molecule has 0 spiro atoms. The fourth-order valence-corrected chi connectivity index (χ4v) is 3.18. The zero-order valence-electron chi connectivity index (χ0n) is 12.1. The van der Waals surface area contributed by atoms with E-state index in [1.165, 1.54) is 12.3 Å². The molecule has 1 fully saturated rings. The molecule has 22 heavy (non-hydrogen) atoms. The Kier molecular flexibility index (Phi) is 3.92. The summed E-state index contributed by atoms with van der Waals surface area (Å²) < 4.78 is 27.4. The van der Waals surface area contributed by atoms with E-state index in [0.29, 0.717) is 18.4 Å². The predicted octanol–water partition coefficient (Wildman–Crippen LogP) is 2.60. The Balaban J connectivity index is 1.97. The number of primary amides is 1. The van der Waals surface area contributed by atoms with Gasteiger partial charge in [-0.2, -0.15) is 0 Å². The number of benzene rings is 1. The maximum absolute atomic E-state index is 13.9. The van der Waals surface area contributed by atoms with Crippen molar-refractivity contribution in [3.8, 4) is 0 Å². The van der Waals surface area contributed by atoms with Crippen LogP contribution in [0.15, 0.2) is 24.4 Å². The lowest BCUT2D eigenvalue weighted by Crippen LogP contribution is -2.37. The molecular weight excluding hydrogens is 288 g/mol. The first-order valence-electron chi connectivity index (χ1n) is 7.31. The van der Waals surface area contributed by atoms with Crippen LogP contribution in [-0.4, -0.2) is 24.0 Å². The lowest BCUT2D eigenvalue weighted by Gasteiger charge is -2.34. The summed E-state index contributed by atoms with van der Waals surface area (Å²) in [4.78, 5) is 17.2. The first-order chi connectivity index (χ1) is 10.5. The Morgan fingerprint density at radius 3 is 3.00 bits per heavy atom. The number of pyridine rings is 1. The number of anilines is 1. The van der Waals surface area contributed by atoms with Crippen molar-refractivity contribution in [2.75, 3.05) is 18.0 Å². The molecule has 1 unspecified atom stereocenters. The minimum atomic E-state index is -0.664. The molecule has 1 aliphatic rings. The first kappa shape index (κ1) is 14.7. The Labute approximate surface area is 126 Å². The zero-order chi connectivity index (χ0) is 15.7. The van der Waals surface area contributed by atoms with Gasteiger partial charge in [0.15, 0.2) is 5.82 Å². The van der Waals surface area contributed by atoms with Crippen LogP contribution in [0, 0.1) is 17.6 Å². The molecule has 0 radical (unpaired) electrons. The molecule has 0 bridgehead atoms. The second kappa shape index (κ2) is 5.87. The van der Waals surface area contributed by atoms with Gasteiger partial charge in [0.05, 0.1) is 0 Å². The summed E-state index contributed by atoms with van der Waals surface area (Å²) in [6.07, 6.45) is 3.71. The summed E-state index contributed by atoms with van der Waals surface area (Å²) in [7, 11) is 0. The molecule has 1 aromatic heterocycles. The van der Waals surface area contributed by atoms with Crippen LogP contribution < -0.4 is 10.6 Å². The first-order valence-corrected chi connectivity index (χ1v) is 7.31. The summed E-state index contributed by atoms with van der Waals surface area (Å²) in [5.41, 5.74) is 6.18. The average Bonchev–Trinajstić information content (AvgIpc) is 2.46.